The zero-order valence-electron chi connectivity index (χ0n) is 32.9. The molecule has 0 aliphatic carbocycles. The van der Waals surface area contributed by atoms with Crippen LogP contribution < -0.4 is 5.46 Å². The van der Waals surface area contributed by atoms with Gasteiger partial charge in [-0.3, -0.25) is 9.97 Å². The van der Waals surface area contributed by atoms with Gasteiger partial charge in [0.1, 0.15) is 0 Å². The molecule has 0 N–H and O–H groups in total. The van der Waals surface area contributed by atoms with Gasteiger partial charge in [-0.05, 0) is 117 Å². The first-order chi connectivity index (χ1) is 21.4. The van der Waals surface area contributed by atoms with Crippen molar-refractivity contribution < 1.29 is 27.9 Å². The SMILES string of the molecule is C.C.C.CC1(C)OB(B2OC(C)(C)C(C)(C)O2)OC1(C)C.CC1(C)OB(c2ccc([14C](C)(C)C)nc2)OC1(C)C.C[14C](C)(C)c1ccc(Br)cn1. The van der Waals surface area contributed by atoms with E-state index < -0.39 is 14.0 Å². The summed E-state index contributed by atoms with van der Waals surface area (Å²) in [4.78, 5) is 8.83. The second-order valence-corrected chi connectivity index (χ2v) is 19.1. The van der Waals surface area contributed by atoms with Crippen LogP contribution in [0, 0.1) is 0 Å². The van der Waals surface area contributed by atoms with E-state index in [9.17, 15) is 0 Å². The first-order valence-corrected chi connectivity index (χ1v) is 17.9. The van der Waals surface area contributed by atoms with Crippen molar-refractivity contribution in [2.75, 3.05) is 0 Å². The number of hydrogen-bond acceptors (Lipinski definition) is 8. The van der Waals surface area contributed by atoms with Crippen LogP contribution in [0.25, 0.3) is 0 Å². The fraction of sp³-hybridized carbons (Fsp3) is 0.744. The molecule has 2 aromatic rings. The van der Waals surface area contributed by atoms with Crippen molar-refractivity contribution >= 4 is 42.5 Å². The third-order valence-electron chi connectivity index (χ3n) is 10.3. The molecule has 0 atom stereocenters. The van der Waals surface area contributed by atoms with Gasteiger partial charge in [-0.2, -0.15) is 0 Å². The lowest BCUT2D eigenvalue weighted by Crippen LogP contribution is -2.41. The number of nitrogens with zero attached hydrogens (tertiary/aromatic N) is 2. The highest BCUT2D eigenvalue weighted by molar-refractivity contribution is 9.10. The lowest BCUT2D eigenvalue weighted by atomic mass is 9.49. The van der Waals surface area contributed by atoms with Crippen molar-refractivity contribution in [3.05, 3.63) is 52.5 Å². The molecule has 290 valence electrons. The molecule has 0 saturated carbocycles. The van der Waals surface area contributed by atoms with E-state index in [4.69, 9.17) is 27.9 Å². The molecule has 3 fully saturated rings. The summed E-state index contributed by atoms with van der Waals surface area (Å²) >= 11 is 3.35. The smallest absolute Gasteiger partial charge is 0.405 e. The van der Waals surface area contributed by atoms with Crippen LogP contribution in [-0.2, 0) is 38.8 Å². The Balaban J connectivity index is 0.000000738. The van der Waals surface area contributed by atoms with Crippen LogP contribution in [0.15, 0.2) is 41.1 Å². The molecule has 51 heavy (non-hydrogen) atoms. The Labute approximate surface area is 323 Å². The second kappa shape index (κ2) is 16.6. The zero-order valence-corrected chi connectivity index (χ0v) is 34.5. The van der Waals surface area contributed by atoms with Gasteiger partial charge in [0.15, 0.2) is 0 Å². The van der Waals surface area contributed by atoms with E-state index in [0.29, 0.717) is 0 Å². The Morgan fingerprint density at radius 3 is 1.02 bits per heavy atom. The minimum absolute atomic E-state index is 0. The van der Waals surface area contributed by atoms with Gasteiger partial charge < -0.3 is 27.9 Å². The molecule has 2 aromatic heterocycles. The third-order valence-corrected chi connectivity index (χ3v) is 10.8. The van der Waals surface area contributed by atoms with Crippen LogP contribution in [0.1, 0.15) is 158 Å². The highest BCUT2D eigenvalue weighted by Crippen LogP contribution is 2.43. The van der Waals surface area contributed by atoms with Gasteiger partial charge in [0.25, 0.3) is 0 Å². The van der Waals surface area contributed by atoms with Gasteiger partial charge in [0.2, 0.25) is 0 Å². The highest BCUT2D eigenvalue weighted by atomic mass is 79.9. The normalized spacial score (nSPS) is 21.9. The maximum atomic E-state index is 6.01. The van der Waals surface area contributed by atoms with Crippen LogP contribution in [0.3, 0.4) is 0 Å². The number of pyridine rings is 2. The minimum Gasteiger partial charge on any atom is -0.405 e. The maximum absolute atomic E-state index is 6.01. The van der Waals surface area contributed by atoms with Crippen LogP contribution in [0.4, 0.5) is 0 Å². The molecule has 3 saturated heterocycles. The van der Waals surface area contributed by atoms with Crippen molar-refractivity contribution in [1.29, 1.82) is 0 Å². The molecule has 12 heteroatoms. The second-order valence-electron chi connectivity index (χ2n) is 18.2. The van der Waals surface area contributed by atoms with Gasteiger partial charge in [-0.1, -0.05) is 69.9 Å². The van der Waals surface area contributed by atoms with Crippen molar-refractivity contribution in [3.63, 3.8) is 0 Å². The van der Waals surface area contributed by atoms with E-state index in [1.807, 2.05) is 79.9 Å². The minimum atomic E-state index is -0.476. The fourth-order valence-corrected chi connectivity index (χ4v) is 5.02. The molecule has 8 nitrogen and oxygen atoms in total. The fourth-order valence-electron chi connectivity index (χ4n) is 4.79. The first-order valence-electron chi connectivity index (χ1n) is 17.1. The number of aromatic nitrogens is 2. The van der Waals surface area contributed by atoms with Gasteiger partial charge in [-0.15, -0.1) is 0 Å². The van der Waals surface area contributed by atoms with Crippen molar-refractivity contribution in [2.45, 2.75) is 191 Å². The van der Waals surface area contributed by atoms with Gasteiger partial charge in [-0.25, -0.2) is 0 Å². The average molecular weight is 781 g/mol. The summed E-state index contributed by atoms with van der Waals surface area (Å²) in [5.41, 5.74) is 1.35. The Kier molecular flexibility index (Phi) is 16.2. The maximum Gasteiger partial charge on any atom is 0.496 e. The zero-order chi connectivity index (χ0) is 36.9. The Hall–Kier alpha value is -1.27. The molecule has 3 aliphatic heterocycles. The molecule has 0 unspecified atom stereocenters. The molecular weight excluding hydrogens is 709 g/mol. The van der Waals surface area contributed by atoms with Crippen LogP contribution in [0.5, 0.6) is 0 Å². The van der Waals surface area contributed by atoms with Gasteiger partial charge >= 0.3 is 21.1 Å². The van der Waals surface area contributed by atoms with Gasteiger partial charge in [0, 0.05) is 44.5 Å². The Bertz CT molecular complexity index is 1300. The number of halogens is 1. The highest BCUT2D eigenvalue weighted by Gasteiger charge is 2.63. The van der Waals surface area contributed by atoms with E-state index >= 15 is 0 Å². The van der Waals surface area contributed by atoms with Crippen LogP contribution in [-0.4, -0.2) is 64.7 Å². The Morgan fingerprint density at radius 2 is 0.765 bits per heavy atom. The molecule has 5 rings (SSSR count). The predicted octanol–water partition coefficient (Wildman–Crippen LogP) is 9.98. The molecular formula is C39H72B3BrN2O6. The van der Waals surface area contributed by atoms with E-state index in [2.05, 4.69) is 107 Å². The van der Waals surface area contributed by atoms with E-state index in [-0.39, 0.29) is 73.8 Å². The average Bonchev–Trinajstić information content (AvgIpc) is 3.37. The van der Waals surface area contributed by atoms with E-state index in [1.54, 1.807) is 0 Å². The number of rotatable bonds is 2. The standard InChI is InChI=1S/C15H24BNO2.C12H24B2O4.C9H12BrN.3CH4/c1-13(2,3)12-9-8-11(10-17-12)16-18-14(4,5)15(6,7)19-16;1-9(2)10(3,4)16-13(15-9)14-17-11(5,6)12(7,8)18-14;1-9(2,3)8-5-4-7(10)6-11-8;;;/h8-10H,1-7H3;1-8H3;4-6H,1-3H3;3*1H4/i13+2;;9+2;;;. The molecule has 0 aromatic carbocycles. The molecule has 0 amide bonds. The summed E-state index contributed by atoms with van der Waals surface area (Å²) in [7, 11) is -1.28. The summed E-state index contributed by atoms with van der Waals surface area (Å²) in [6, 6.07) is 8.17. The monoisotopic (exact) mass is 780 g/mol. The first kappa shape index (κ1) is 49.7. The summed E-state index contributed by atoms with van der Waals surface area (Å²) in [5.74, 6) is 0. The quantitative estimate of drug-likeness (QED) is 0.279. The molecule has 5 heterocycles. The third kappa shape index (κ3) is 11.6. The lowest BCUT2D eigenvalue weighted by molar-refractivity contribution is 0.00578. The summed E-state index contributed by atoms with van der Waals surface area (Å²) in [6.07, 6.45) is 3.70. The van der Waals surface area contributed by atoms with Crippen molar-refractivity contribution in [1.82, 2.24) is 9.97 Å². The summed E-state index contributed by atoms with van der Waals surface area (Å²) in [5, 5.41) is 0. The lowest BCUT2D eigenvalue weighted by Gasteiger charge is -2.32. The Morgan fingerprint density at radius 1 is 0.471 bits per heavy atom. The van der Waals surface area contributed by atoms with Crippen molar-refractivity contribution in [3.8, 4) is 0 Å². The predicted molar refractivity (Wildman–Crippen MR) is 222 cm³/mol. The molecule has 0 spiro atoms. The van der Waals surface area contributed by atoms with E-state index in [0.717, 1.165) is 21.3 Å². The van der Waals surface area contributed by atoms with Crippen molar-refractivity contribution in [2.24, 2.45) is 0 Å². The number of hydrogen-bond donors (Lipinski definition) is 0. The largest absolute Gasteiger partial charge is 0.496 e. The van der Waals surface area contributed by atoms with Crippen LogP contribution in [0.2, 0.25) is 0 Å². The molecule has 3 aliphatic rings. The molecule has 0 radical (unpaired) electrons. The van der Waals surface area contributed by atoms with Gasteiger partial charge in [0.05, 0.1) is 33.6 Å². The van der Waals surface area contributed by atoms with E-state index in [1.165, 1.54) is 0 Å². The summed E-state index contributed by atoms with van der Waals surface area (Å²) < 4.78 is 36.9. The van der Waals surface area contributed by atoms with Crippen LogP contribution >= 0.6 is 15.9 Å². The molecule has 0 bridgehead atoms. The summed E-state index contributed by atoms with van der Waals surface area (Å²) in [6.45, 7) is 37.4. The topological polar surface area (TPSA) is 81.2 Å².